The van der Waals surface area contributed by atoms with Crippen molar-refractivity contribution in [3.8, 4) is 0 Å². The van der Waals surface area contributed by atoms with E-state index in [0.29, 0.717) is 6.04 Å². The zero-order valence-electron chi connectivity index (χ0n) is 11.2. The molecule has 18 heavy (non-hydrogen) atoms. The Morgan fingerprint density at radius 1 is 1.56 bits per heavy atom. The predicted molar refractivity (Wildman–Crippen MR) is 74.9 cm³/mol. The molecular formula is C12H19N5S. The average molecular weight is 265 g/mol. The topological polar surface area (TPSA) is 46.0 Å². The number of thiazole rings is 1. The van der Waals surface area contributed by atoms with E-state index in [9.17, 15) is 0 Å². The molecule has 0 aliphatic carbocycles. The first-order valence-electron chi connectivity index (χ1n) is 5.91. The van der Waals surface area contributed by atoms with E-state index in [-0.39, 0.29) is 0 Å². The molecule has 1 N–H and O–H groups in total. The van der Waals surface area contributed by atoms with Gasteiger partial charge >= 0.3 is 0 Å². The van der Waals surface area contributed by atoms with Crippen LogP contribution in [0.15, 0.2) is 17.8 Å². The van der Waals surface area contributed by atoms with Crippen molar-refractivity contribution in [3.05, 3.63) is 29.0 Å². The van der Waals surface area contributed by atoms with Crippen molar-refractivity contribution in [2.45, 2.75) is 19.5 Å². The molecule has 0 aliphatic rings. The summed E-state index contributed by atoms with van der Waals surface area (Å²) >= 11 is 1.67. The van der Waals surface area contributed by atoms with E-state index in [4.69, 9.17) is 0 Å². The number of rotatable bonds is 5. The van der Waals surface area contributed by atoms with Gasteiger partial charge in [0.05, 0.1) is 11.9 Å². The summed E-state index contributed by atoms with van der Waals surface area (Å²) in [6.07, 6.45) is 3.92. The second-order valence-corrected chi connectivity index (χ2v) is 5.28. The molecule has 2 heterocycles. The second kappa shape index (κ2) is 5.49. The van der Waals surface area contributed by atoms with Crippen LogP contribution in [0.3, 0.4) is 0 Å². The van der Waals surface area contributed by atoms with Crippen LogP contribution >= 0.6 is 11.3 Å². The molecule has 2 rings (SSSR count). The minimum absolute atomic E-state index is 0.293. The predicted octanol–water partition coefficient (Wildman–Crippen LogP) is 1.79. The summed E-state index contributed by atoms with van der Waals surface area (Å²) in [5.41, 5.74) is 2.29. The smallest absolute Gasteiger partial charge is 0.185 e. The van der Waals surface area contributed by atoms with Crippen LogP contribution in [0.5, 0.6) is 0 Å². The number of nitrogens with one attached hydrogen (secondary N) is 1. The highest BCUT2D eigenvalue weighted by atomic mass is 32.1. The third-order valence-corrected chi connectivity index (χ3v) is 3.86. The lowest BCUT2D eigenvalue weighted by Gasteiger charge is -2.14. The molecule has 0 saturated carbocycles. The molecule has 1 atom stereocenters. The number of hydrogen-bond donors (Lipinski definition) is 1. The van der Waals surface area contributed by atoms with Gasteiger partial charge < -0.3 is 10.2 Å². The Kier molecular flexibility index (Phi) is 3.98. The van der Waals surface area contributed by atoms with E-state index in [1.807, 2.05) is 31.2 Å². The Hall–Kier alpha value is -1.40. The summed E-state index contributed by atoms with van der Waals surface area (Å²) in [6.45, 7) is 2.94. The van der Waals surface area contributed by atoms with Gasteiger partial charge in [0.2, 0.25) is 0 Å². The molecule has 2 aromatic heterocycles. The van der Waals surface area contributed by atoms with Gasteiger partial charge in [-0.3, -0.25) is 4.68 Å². The van der Waals surface area contributed by atoms with E-state index in [1.54, 1.807) is 11.3 Å². The second-order valence-electron chi connectivity index (χ2n) is 4.44. The molecule has 0 aromatic carbocycles. The van der Waals surface area contributed by atoms with Crippen molar-refractivity contribution >= 4 is 16.5 Å². The maximum atomic E-state index is 4.64. The van der Waals surface area contributed by atoms with E-state index in [0.717, 1.165) is 17.4 Å². The Morgan fingerprint density at radius 3 is 2.94 bits per heavy atom. The van der Waals surface area contributed by atoms with Crippen molar-refractivity contribution in [1.82, 2.24) is 20.1 Å². The van der Waals surface area contributed by atoms with Crippen LogP contribution < -0.4 is 10.2 Å². The van der Waals surface area contributed by atoms with Crippen LogP contribution in [-0.4, -0.2) is 28.9 Å². The largest absolute Gasteiger partial charge is 0.347 e. The molecule has 0 bridgehead atoms. The Morgan fingerprint density at radius 2 is 2.33 bits per heavy atom. The zero-order chi connectivity index (χ0) is 13.1. The zero-order valence-corrected chi connectivity index (χ0v) is 12.0. The summed E-state index contributed by atoms with van der Waals surface area (Å²) < 4.78 is 1.82. The molecular weight excluding hydrogens is 246 g/mol. The Balaban J connectivity index is 2.04. The highest BCUT2D eigenvalue weighted by Gasteiger charge is 2.11. The van der Waals surface area contributed by atoms with Crippen molar-refractivity contribution in [1.29, 1.82) is 0 Å². The SMILES string of the molecule is CNC(C)c1csc(N(C)Cc2cnn(C)c2)n1. The molecule has 2 aromatic rings. The maximum absolute atomic E-state index is 4.64. The lowest BCUT2D eigenvalue weighted by Crippen LogP contribution is -2.17. The van der Waals surface area contributed by atoms with Crippen molar-refractivity contribution < 1.29 is 0 Å². The third kappa shape index (κ3) is 2.88. The van der Waals surface area contributed by atoms with Crippen LogP contribution in [-0.2, 0) is 13.6 Å². The minimum Gasteiger partial charge on any atom is -0.347 e. The maximum Gasteiger partial charge on any atom is 0.185 e. The van der Waals surface area contributed by atoms with E-state index in [2.05, 4.69) is 39.7 Å². The lowest BCUT2D eigenvalue weighted by atomic mass is 10.3. The van der Waals surface area contributed by atoms with Crippen molar-refractivity contribution in [2.24, 2.45) is 7.05 Å². The van der Waals surface area contributed by atoms with Crippen LogP contribution in [0.4, 0.5) is 5.13 Å². The summed E-state index contributed by atoms with van der Waals surface area (Å²) in [6, 6.07) is 0.293. The Bertz CT molecular complexity index is 504. The molecule has 0 saturated heterocycles. The number of aryl methyl sites for hydroxylation is 1. The quantitative estimate of drug-likeness (QED) is 0.895. The number of anilines is 1. The van der Waals surface area contributed by atoms with Crippen LogP contribution in [0.1, 0.15) is 24.2 Å². The van der Waals surface area contributed by atoms with Gasteiger partial charge in [0, 0.05) is 43.8 Å². The fourth-order valence-corrected chi connectivity index (χ4v) is 2.58. The van der Waals surface area contributed by atoms with Crippen molar-refractivity contribution in [3.63, 3.8) is 0 Å². The van der Waals surface area contributed by atoms with E-state index in [1.165, 1.54) is 5.56 Å². The summed E-state index contributed by atoms with van der Waals surface area (Å²) in [4.78, 5) is 6.79. The van der Waals surface area contributed by atoms with Gasteiger partial charge in [0.1, 0.15) is 0 Å². The first-order valence-corrected chi connectivity index (χ1v) is 6.79. The fourth-order valence-electron chi connectivity index (χ4n) is 1.69. The summed E-state index contributed by atoms with van der Waals surface area (Å²) in [5.74, 6) is 0. The highest BCUT2D eigenvalue weighted by Crippen LogP contribution is 2.24. The molecule has 0 amide bonds. The molecule has 6 heteroatoms. The summed E-state index contributed by atoms with van der Waals surface area (Å²) in [7, 11) is 5.93. The summed E-state index contributed by atoms with van der Waals surface area (Å²) in [5, 5.41) is 10.5. The van der Waals surface area contributed by atoms with Gasteiger partial charge in [-0.15, -0.1) is 11.3 Å². The molecule has 98 valence electrons. The van der Waals surface area contributed by atoms with E-state index < -0.39 is 0 Å². The normalized spacial score (nSPS) is 12.7. The van der Waals surface area contributed by atoms with Crippen LogP contribution in [0.2, 0.25) is 0 Å². The highest BCUT2D eigenvalue weighted by molar-refractivity contribution is 7.13. The van der Waals surface area contributed by atoms with Gasteiger partial charge in [-0.2, -0.15) is 5.10 Å². The lowest BCUT2D eigenvalue weighted by molar-refractivity contribution is 0.636. The fraction of sp³-hybridized carbons (Fsp3) is 0.500. The van der Waals surface area contributed by atoms with Gasteiger partial charge in [0.25, 0.3) is 0 Å². The Labute approximate surface area is 111 Å². The number of hydrogen-bond acceptors (Lipinski definition) is 5. The van der Waals surface area contributed by atoms with Crippen LogP contribution in [0.25, 0.3) is 0 Å². The van der Waals surface area contributed by atoms with Gasteiger partial charge in [-0.05, 0) is 14.0 Å². The van der Waals surface area contributed by atoms with E-state index >= 15 is 0 Å². The monoisotopic (exact) mass is 265 g/mol. The third-order valence-electron chi connectivity index (χ3n) is 2.89. The van der Waals surface area contributed by atoms with Gasteiger partial charge in [-0.1, -0.05) is 0 Å². The molecule has 0 spiro atoms. The average Bonchev–Trinajstić information content (AvgIpc) is 2.97. The number of nitrogens with zero attached hydrogens (tertiary/aromatic N) is 4. The molecule has 1 unspecified atom stereocenters. The first kappa shape index (κ1) is 13.0. The molecule has 5 nitrogen and oxygen atoms in total. The van der Waals surface area contributed by atoms with Gasteiger partial charge in [0.15, 0.2) is 5.13 Å². The standard InChI is InChI=1S/C12H19N5S/c1-9(13-2)11-8-18-12(15-11)16(3)6-10-5-14-17(4)7-10/h5,7-9,13H,6H2,1-4H3. The van der Waals surface area contributed by atoms with Crippen LogP contribution in [0, 0.1) is 0 Å². The first-order chi connectivity index (χ1) is 8.60. The molecule has 0 radical (unpaired) electrons. The molecule has 0 aliphatic heterocycles. The number of aromatic nitrogens is 3. The minimum atomic E-state index is 0.293. The van der Waals surface area contributed by atoms with Crippen molar-refractivity contribution in [2.75, 3.05) is 19.0 Å². The molecule has 0 fully saturated rings. The van der Waals surface area contributed by atoms with Gasteiger partial charge in [-0.25, -0.2) is 4.98 Å².